The molecule has 0 saturated heterocycles. The van der Waals surface area contributed by atoms with Gasteiger partial charge < -0.3 is 4.42 Å². The molecule has 2 heterocycles. The summed E-state index contributed by atoms with van der Waals surface area (Å²) in [6.45, 7) is 9.36. The third kappa shape index (κ3) is 2.88. The van der Waals surface area contributed by atoms with Crippen LogP contribution in [0.4, 0.5) is 0 Å². The average molecular weight is 397 g/mol. The quantitative estimate of drug-likeness (QED) is 0.261. The number of hydrogen-bond acceptors (Lipinski definition) is 1. The molecule has 0 aliphatic heterocycles. The van der Waals surface area contributed by atoms with Crippen molar-refractivity contribution in [3.8, 4) is 11.3 Å². The molecule has 0 unspecified atom stereocenters. The molecule has 144 valence electrons. The number of furan rings is 1. The van der Waals surface area contributed by atoms with Gasteiger partial charge in [-0.25, -0.2) is 0 Å². The fourth-order valence-corrected chi connectivity index (χ4v) is 5.46. The predicted octanol–water partition coefficient (Wildman–Crippen LogP) is 6.08. The van der Waals surface area contributed by atoms with E-state index in [0.29, 0.717) is 0 Å². The van der Waals surface area contributed by atoms with E-state index in [0.717, 1.165) is 11.2 Å². The normalized spacial score (nSPS) is 12.3. The second-order valence-electron chi connectivity index (χ2n) is 9.06. The van der Waals surface area contributed by atoms with Crippen molar-refractivity contribution < 1.29 is 8.98 Å². The van der Waals surface area contributed by atoms with Crippen LogP contribution >= 0.6 is 0 Å². The van der Waals surface area contributed by atoms with Crippen LogP contribution < -0.4 is 9.75 Å². The smallest absolute Gasteiger partial charge is 0.213 e. The minimum absolute atomic E-state index is 0.945. The number of aryl methyl sites for hydroxylation is 2. The number of rotatable bonds is 2. The minimum atomic E-state index is -1.32. The molecule has 0 atom stereocenters. The van der Waals surface area contributed by atoms with Gasteiger partial charge in [-0.05, 0) is 42.8 Å². The Morgan fingerprint density at radius 2 is 1.59 bits per heavy atom. The minimum Gasteiger partial charge on any atom is -0.456 e. The summed E-state index contributed by atoms with van der Waals surface area (Å²) in [5.74, 6) is 0. The topological polar surface area (TPSA) is 17.0 Å². The van der Waals surface area contributed by atoms with Gasteiger partial charge in [-0.15, -0.1) is 0 Å². The number of pyridine rings is 1. The third-order valence-electron chi connectivity index (χ3n) is 6.04. The summed E-state index contributed by atoms with van der Waals surface area (Å²) >= 11 is 0. The summed E-state index contributed by atoms with van der Waals surface area (Å²) < 4.78 is 8.39. The van der Waals surface area contributed by atoms with Gasteiger partial charge in [0.05, 0.1) is 8.07 Å². The second kappa shape index (κ2) is 6.29. The molecule has 0 aliphatic rings. The molecule has 5 aromatic rings. The SMILES string of the molecule is Cc1cc2oc3ccccc3c2cc1-c1ccc2cc([Si](C)(C)C)ccc2[n+]1C. The predicted molar refractivity (Wildman–Crippen MR) is 126 cm³/mol. The maximum atomic E-state index is 6.07. The van der Waals surface area contributed by atoms with Crippen molar-refractivity contribution >= 4 is 46.1 Å². The molecule has 0 amide bonds. The number of nitrogens with zero attached hydrogens (tertiary/aromatic N) is 1. The lowest BCUT2D eigenvalue weighted by Gasteiger charge is -2.16. The third-order valence-corrected chi connectivity index (χ3v) is 8.08. The number of hydrogen-bond donors (Lipinski definition) is 0. The van der Waals surface area contributed by atoms with Crippen molar-refractivity contribution in [1.29, 1.82) is 0 Å². The average Bonchev–Trinajstić information content (AvgIpc) is 3.04. The van der Waals surface area contributed by atoms with Crippen molar-refractivity contribution in [2.24, 2.45) is 7.05 Å². The van der Waals surface area contributed by atoms with Gasteiger partial charge in [-0.3, -0.25) is 0 Å². The van der Waals surface area contributed by atoms with Crippen LogP contribution in [0, 0.1) is 6.92 Å². The maximum absolute atomic E-state index is 6.07. The standard InChI is InChI=1S/C26H26NOSi/c1-17-14-26-22(20-8-6-7-9-25(20)28-26)16-21(17)24-12-10-18-15-19(29(3,4)5)11-13-23(18)27(24)2/h6-16H,1-5H3/q+1. The Morgan fingerprint density at radius 1 is 0.793 bits per heavy atom. The van der Waals surface area contributed by atoms with E-state index in [1.807, 2.05) is 12.1 Å². The van der Waals surface area contributed by atoms with Crippen LogP contribution in [0.1, 0.15) is 5.56 Å². The lowest BCUT2D eigenvalue weighted by Crippen LogP contribution is -2.38. The summed E-state index contributed by atoms with van der Waals surface area (Å²) in [5, 5.41) is 5.16. The molecule has 0 spiro atoms. The van der Waals surface area contributed by atoms with E-state index in [4.69, 9.17) is 4.42 Å². The highest BCUT2D eigenvalue weighted by molar-refractivity contribution is 6.88. The van der Waals surface area contributed by atoms with E-state index in [9.17, 15) is 0 Å². The van der Waals surface area contributed by atoms with Gasteiger partial charge in [-0.2, -0.15) is 4.57 Å². The Labute approximate surface area is 172 Å². The molecule has 0 bridgehead atoms. The van der Waals surface area contributed by atoms with Gasteiger partial charge in [0, 0.05) is 33.9 Å². The highest BCUT2D eigenvalue weighted by Crippen LogP contribution is 2.34. The zero-order valence-electron chi connectivity index (χ0n) is 17.7. The molecule has 0 aliphatic carbocycles. The molecule has 0 saturated carbocycles. The summed E-state index contributed by atoms with van der Waals surface area (Å²) in [5.41, 5.74) is 6.87. The van der Waals surface area contributed by atoms with Crippen LogP contribution in [0.15, 0.2) is 71.1 Å². The monoisotopic (exact) mass is 396 g/mol. The van der Waals surface area contributed by atoms with Crippen LogP contribution in [0.5, 0.6) is 0 Å². The molecule has 5 rings (SSSR count). The number of fused-ring (bicyclic) bond motifs is 4. The lowest BCUT2D eigenvalue weighted by atomic mass is 10.0. The van der Waals surface area contributed by atoms with Crippen LogP contribution in [0.25, 0.3) is 44.1 Å². The van der Waals surface area contributed by atoms with Crippen molar-refractivity contribution in [3.05, 3.63) is 72.3 Å². The molecule has 0 radical (unpaired) electrons. The Hall–Kier alpha value is -2.91. The molecule has 2 aromatic heterocycles. The molecule has 2 nitrogen and oxygen atoms in total. The molecule has 0 N–H and O–H groups in total. The molecular weight excluding hydrogens is 370 g/mol. The van der Waals surface area contributed by atoms with Gasteiger partial charge in [0.1, 0.15) is 18.2 Å². The fourth-order valence-electron chi connectivity index (χ4n) is 4.29. The van der Waals surface area contributed by atoms with E-state index in [1.54, 1.807) is 0 Å². The highest BCUT2D eigenvalue weighted by atomic mass is 28.3. The fraction of sp³-hybridized carbons (Fsp3) is 0.192. The van der Waals surface area contributed by atoms with Gasteiger partial charge in [0.25, 0.3) is 0 Å². The second-order valence-corrected chi connectivity index (χ2v) is 14.1. The lowest BCUT2D eigenvalue weighted by molar-refractivity contribution is -0.633. The molecule has 0 fully saturated rings. The van der Waals surface area contributed by atoms with Crippen molar-refractivity contribution in [3.63, 3.8) is 0 Å². The van der Waals surface area contributed by atoms with E-state index in [2.05, 4.69) is 92.8 Å². The van der Waals surface area contributed by atoms with Crippen LogP contribution in [-0.2, 0) is 7.05 Å². The van der Waals surface area contributed by atoms with E-state index >= 15 is 0 Å². The first-order valence-electron chi connectivity index (χ1n) is 10.2. The Morgan fingerprint density at radius 3 is 2.38 bits per heavy atom. The first-order valence-corrected chi connectivity index (χ1v) is 13.7. The van der Waals surface area contributed by atoms with Gasteiger partial charge in [0.15, 0.2) is 0 Å². The number of para-hydroxylation sites is 1. The summed E-state index contributed by atoms with van der Waals surface area (Å²) in [7, 11) is 0.847. The van der Waals surface area contributed by atoms with Gasteiger partial charge in [0.2, 0.25) is 11.2 Å². The molecule has 29 heavy (non-hydrogen) atoms. The summed E-state index contributed by atoms with van der Waals surface area (Å²) in [6.07, 6.45) is 0. The van der Waals surface area contributed by atoms with Crippen molar-refractivity contribution in [2.75, 3.05) is 0 Å². The summed E-state index contributed by atoms with van der Waals surface area (Å²) in [6, 6.07) is 24.2. The first kappa shape index (κ1) is 18.1. The van der Waals surface area contributed by atoms with Crippen LogP contribution in [-0.4, -0.2) is 8.07 Å². The van der Waals surface area contributed by atoms with E-state index < -0.39 is 8.07 Å². The molecular formula is C26H26NOSi+. The highest BCUT2D eigenvalue weighted by Gasteiger charge is 2.21. The van der Waals surface area contributed by atoms with Crippen molar-refractivity contribution in [2.45, 2.75) is 26.6 Å². The summed E-state index contributed by atoms with van der Waals surface area (Å²) in [4.78, 5) is 0. The van der Waals surface area contributed by atoms with Crippen molar-refractivity contribution in [1.82, 2.24) is 0 Å². The zero-order chi connectivity index (χ0) is 20.3. The van der Waals surface area contributed by atoms with Crippen LogP contribution in [0.2, 0.25) is 19.6 Å². The molecule has 3 aromatic carbocycles. The maximum Gasteiger partial charge on any atom is 0.213 e. The Bertz CT molecular complexity index is 1410. The molecule has 3 heteroatoms. The number of aromatic nitrogens is 1. The van der Waals surface area contributed by atoms with Crippen LogP contribution in [0.3, 0.4) is 0 Å². The van der Waals surface area contributed by atoms with Gasteiger partial charge in [-0.1, -0.05) is 49.1 Å². The van der Waals surface area contributed by atoms with E-state index in [1.165, 1.54) is 43.7 Å². The van der Waals surface area contributed by atoms with Gasteiger partial charge >= 0.3 is 0 Å². The largest absolute Gasteiger partial charge is 0.456 e. The zero-order valence-corrected chi connectivity index (χ0v) is 18.7. The number of benzene rings is 3. The van der Waals surface area contributed by atoms with E-state index in [-0.39, 0.29) is 0 Å². The Kier molecular flexibility index (Phi) is 3.94. The first-order chi connectivity index (χ1) is 13.8. The Balaban J connectivity index is 1.74.